The van der Waals surface area contributed by atoms with Crippen LogP contribution in [-0.2, 0) is 0 Å². The second-order valence-electron chi connectivity index (χ2n) is 2.88. The van der Waals surface area contributed by atoms with Crippen LogP contribution in [0.5, 0.6) is 0 Å². The fraction of sp³-hybridized carbons (Fsp3) is 0.273. The van der Waals surface area contributed by atoms with Crippen molar-refractivity contribution in [3.63, 3.8) is 0 Å². The van der Waals surface area contributed by atoms with E-state index < -0.39 is 0 Å². The van der Waals surface area contributed by atoms with Crippen molar-refractivity contribution < 1.29 is 0 Å². The van der Waals surface area contributed by atoms with Crippen LogP contribution in [0.15, 0.2) is 43.0 Å². The SMILES string of the molecule is C=CCC[C@H](N)c1ccccc1.Cl. The molecule has 0 saturated carbocycles. The summed E-state index contributed by atoms with van der Waals surface area (Å²) in [4.78, 5) is 0. The molecule has 0 saturated heterocycles. The molecule has 1 rings (SSSR count). The van der Waals surface area contributed by atoms with Crippen LogP contribution in [0.25, 0.3) is 0 Å². The highest BCUT2D eigenvalue weighted by atomic mass is 35.5. The lowest BCUT2D eigenvalue weighted by Gasteiger charge is -2.09. The second kappa shape index (κ2) is 6.70. The van der Waals surface area contributed by atoms with Gasteiger partial charge in [0.15, 0.2) is 0 Å². The lowest BCUT2D eigenvalue weighted by atomic mass is 10.0. The standard InChI is InChI=1S/C11H15N.ClH/c1-2-3-9-11(12)10-7-5-4-6-8-10;/h2,4-8,11H,1,3,9,12H2;1H/t11-;/m0./s1. The molecule has 0 spiro atoms. The van der Waals surface area contributed by atoms with E-state index >= 15 is 0 Å². The van der Waals surface area contributed by atoms with Crippen molar-refractivity contribution >= 4 is 12.4 Å². The third kappa shape index (κ3) is 4.11. The van der Waals surface area contributed by atoms with Crippen molar-refractivity contribution in [3.8, 4) is 0 Å². The van der Waals surface area contributed by atoms with E-state index in [2.05, 4.69) is 18.7 Å². The molecule has 0 heterocycles. The lowest BCUT2D eigenvalue weighted by molar-refractivity contribution is 0.661. The molecule has 0 aromatic heterocycles. The number of benzene rings is 1. The van der Waals surface area contributed by atoms with Gasteiger partial charge in [0.25, 0.3) is 0 Å². The first kappa shape index (κ1) is 12.2. The fourth-order valence-electron chi connectivity index (χ4n) is 1.16. The Labute approximate surface area is 86.1 Å². The van der Waals surface area contributed by atoms with Crippen LogP contribution in [0.4, 0.5) is 0 Å². The van der Waals surface area contributed by atoms with E-state index in [0.717, 1.165) is 12.8 Å². The zero-order chi connectivity index (χ0) is 8.81. The Morgan fingerprint density at radius 1 is 1.31 bits per heavy atom. The maximum Gasteiger partial charge on any atom is 0.0297 e. The molecule has 1 atom stereocenters. The van der Waals surface area contributed by atoms with Crippen LogP contribution in [0.2, 0.25) is 0 Å². The molecule has 2 N–H and O–H groups in total. The van der Waals surface area contributed by atoms with E-state index in [0.29, 0.717) is 0 Å². The average Bonchev–Trinajstić information content (AvgIpc) is 2.15. The summed E-state index contributed by atoms with van der Waals surface area (Å²) in [6.07, 6.45) is 3.87. The summed E-state index contributed by atoms with van der Waals surface area (Å²) >= 11 is 0. The number of nitrogens with two attached hydrogens (primary N) is 1. The van der Waals surface area contributed by atoms with E-state index in [-0.39, 0.29) is 18.4 Å². The van der Waals surface area contributed by atoms with Gasteiger partial charge in [-0.3, -0.25) is 0 Å². The van der Waals surface area contributed by atoms with E-state index in [4.69, 9.17) is 5.73 Å². The quantitative estimate of drug-likeness (QED) is 0.738. The normalized spacial score (nSPS) is 11.5. The Morgan fingerprint density at radius 3 is 2.46 bits per heavy atom. The van der Waals surface area contributed by atoms with Gasteiger partial charge in [-0.2, -0.15) is 0 Å². The molecule has 0 aliphatic heterocycles. The molecule has 0 radical (unpaired) electrons. The summed E-state index contributed by atoms with van der Waals surface area (Å²) in [5, 5.41) is 0. The molecule has 1 nitrogen and oxygen atoms in total. The molecule has 0 amide bonds. The van der Waals surface area contributed by atoms with Crippen molar-refractivity contribution in [2.75, 3.05) is 0 Å². The molecule has 13 heavy (non-hydrogen) atoms. The Balaban J connectivity index is 0.00000144. The van der Waals surface area contributed by atoms with Crippen LogP contribution in [0.1, 0.15) is 24.4 Å². The van der Waals surface area contributed by atoms with Crippen molar-refractivity contribution in [2.24, 2.45) is 5.73 Å². The van der Waals surface area contributed by atoms with Gasteiger partial charge in [-0.15, -0.1) is 19.0 Å². The van der Waals surface area contributed by atoms with Gasteiger partial charge in [0.2, 0.25) is 0 Å². The molecular weight excluding hydrogens is 182 g/mol. The third-order valence-electron chi connectivity index (χ3n) is 1.91. The predicted molar refractivity (Wildman–Crippen MR) is 60.0 cm³/mol. The van der Waals surface area contributed by atoms with E-state index in [1.807, 2.05) is 24.3 Å². The molecule has 1 aromatic rings. The van der Waals surface area contributed by atoms with Crippen molar-refractivity contribution in [1.29, 1.82) is 0 Å². The zero-order valence-corrected chi connectivity index (χ0v) is 8.46. The molecule has 72 valence electrons. The van der Waals surface area contributed by atoms with Gasteiger partial charge < -0.3 is 5.73 Å². The third-order valence-corrected chi connectivity index (χ3v) is 1.91. The molecular formula is C11H16ClN. The first-order chi connectivity index (χ1) is 5.84. The van der Waals surface area contributed by atoms with Crippen LogP contribution < -0.4 is 5.73 Å². The smallest absolute Gasteiger partial charge is 0.0297 e. The van der Waals surface area contributed by atoms with Gasteiger partial charge in [0.05, 0.1) is 0 Å². The summed E-state index contributed by atoms with van der Waals surface area (Å²) < 4.78 is 0. The van der Waals surface area contributed by atoms with Gasteiger partial charge >= 0.3 is 0 Å². The fourth-order valence-corrected chi connectivity index (χ4v) is 1.16. The van der Waals surface area contributed by atoms with E-state index in [1.165, 1.54) is 5.56 Å². The van der Waals surface area contributed by atoms with Crippen LogP contribution in [0, 0.1) is 0 Å². The van der Waals surface area contributed by atoms with Gasteiger partial charge in [0.1, 0.15) is 0 Å². The van der Waals surface area contributed by atoms with Crippen LogP contribution in [-0.4, -0.2) is 0 Å². The van der Waals surface area contributed by atoms with Gasteiger partial charge in [0, 0.05) is 6.04 Å². The Hall–Kier alpha value is -0.790. The Bertz CT molecular complexity index is 233. The number of allylic oxidation sites excluding steroid dienone is 1. The summed E-state index contributed by atoms with van der Waals surface area (Å²) in [6, 6.07) is 10.3. The second-order valence-corrected chi connectivity index (χ2v) is 2.88. The maximum atomic E-state index is 5.93. The number of hydrogen-bond donors (Lipinski definition) is 1. The molecule has 0 aliphatic carbocycles. The molecule has 1 aromatic carbocycles. The number of hydrogen-bond acceptors (Lipinski definition) is 1. The van der Waals surface area contributed by atoms with Crippen LogP contribution >= 0.6 is 12.4 Å². The largest absolute Gasteiger partial charge is 0.324 e. The topological polar surface area (TPSA) is 26.0 Å². The first-order valence-corrected chi connectivity index (χ1v) is 4.26. The van der Waals surface area contributed by atoms with Gasteiger partial charge in [-0.25, -0.2) is 0 Å². The highest BCUT2D eigenvalue weighted by Crippen LogP contribution is 2.14. The maximum absolute atomic E-state index is 5.93. The highest BCUT2D eigenvalue weighted by molar-refractivity contribution is 5.85. The summed E-state index contributed by atoms with van der Waals surface area (Å²) in [5.41, 5.74) is 7.14. The van der Waals surface area contributed by atoms with Crippen molar-refractivity contribution in [3.05, 3.63) is 48.6 Å². The van der Waals surface area contributed by atoms with Crippen molar-refractivity contribution in [2.45, 2.75) is 18.9 Å². The minimum Gasteiger partial charge on any atom is -0.324 e. The van der Waals surface area contributed by atoms with E-state index in [9.17, 15) is 0 Å². The minimum atomic E-state index is 0. The summed E-state index contributed by atoms with van der Waals surface area (Å²) in [6.45, 7) is 3.67. The first-order valence-electron chi connectivity index (χ1n) is 4.26. The zero-order valence-electron chi connectivity index (χ0n) is 7.65. The molecule has 0 fully saturated rings. The number of halogens is 1. The Morgan fingerprint density at radius 2 is 1.92 bits per heavy atom. The molecule has 0 unspecified atom stereocenters. The summed E-state index contributed by atoms with van der Waals surface area (Å²) in [5.74, 6) is 0. The Kier molecular flexibility index (Phi) is 6.29. The van der Waals surface area contributed by atoms with Crippen LogP contribution in [0.3, 0.4) is 0 Å². The monoisotopic (exact) mass is 197 g/mol. The summed E-state index contributed by atoms with van der Waals surface area (Å²) in [7, 11) is 0. The van der Waals surface area contributed by atoms with Gasteiger partial charge in [-0.05, 0) is 18.4 Å². The van der Waals surface area contributed by atoms with Gasteiger partial charge in [-0.1, -0.05) is 36.4 Å². The molecule has 0 aliphatic rings. The van der Waals surface area contributed by atoms with E-state index in [1.54, 1.807) is 0 Å². The average molecular weight is 198 g/mol. The van der Waals surface area contributed by atoms with Crippen molar-refractivity contribution in [1.82, 2.24) is 0 Å². The highest BCUT2D eigenvalue weighted by Gasteiger charge is 2.02. The minimum absolute atomic E-state index is 0. The lowest BCUT2D eigenvalue weighted by Crippen LogP contribution is -2.09. The predicted octanol–water partition coefficient (Wildman–Crippen LogP) is 3.07. The molecule has 2 heteroatoms. The molecule has 0 bridgehead atoms. The number of rotatable bonds is 4.